The van der Waals surface area contributed by atoms with Gasteiger partial charge in [0.25, 0.3) is 0 Å². The Balaban J connectivity index is 1.77. The normalized spacial score (nSPS) is 29.7. The molecule has 3 saturated heterocycles. The van der Waals surface area contributed by atoms with E-state index in [1.54, 1.807) is 0 Å². The predicted molar refractivity (Wildman–Crippen MR) is 92.8 cm³/mol. The first kappa shape index (κ1) is 15.9. The smallest absolute Gasteiger partial charge is 0.318 e. The average Bonchev–Trinajstić information content (AvgIpc) is 3.02. The fourth-order valence-corrected chi connectivity index (χ4v) is 4.84. The molecule has 1 atom stereocenters. The van der Waals surface area contributed by atoms with Crippen molar-refractivity contribution in [2.24, 2.45) is 5.92 Å². The largest absolute Gasteiger partial charge is 0.381 e. The third-order valence-electron chi connectivity index (χ3n) is 6.00. The van der Waals surface area contributed by atoms with E-state index in [4.69, 9.17) is 4.74 Å². The molecule has 0 aliphatic carbocycles. The minimum Gasteiger partial charge on any atom is -0.381 e. The summed E-state index contributed by atoms with van der Waals surface area (Å²) in [7, 11) is 0. The maximum Gasteiger partial charge on any atom is 0.318 e. The summed E-state index contributed by atoms with van der Waals surface area (Å²) < 4.78 is 5.61. The molecule has 3 fully saturated rings. The monoisotopic (exact) mass is 329 g/mol. The summed E-state index contributed by atoms with van der Waals surface area (Å²) >= 11 is 0. The molecule has 0 spiro atoms. The zero-order valence-corrected chi connectivity index (χ0v) is 14.2. The first-order chi connectivity index (χ1) is 11.8. The summed E-state index contributed by atoms with van der Waals surface area (Å²) in [5.74, 6) is 0.447. The maximum absolute atomic E-state index is 12.9. The highest BCUT2D eigenvalue weighted by Crippen LogP contribution is 2.45. The summed E-state index contributed by atoms with van der Waals surface area (Å²) in [6, 6.07) is 11.1. The lowest BCUT2D eigenvalue weighted by Crippen LogP contribution is -2.57. The van der Waals surface area contributed by atoms with Gasteiger partial charge in [-0.15, -0.1) is 0 Å². The number of rotatable bonds is 3. The lowest BCUT2D eigenvalue weighted by atomic mass is 9.72. The number of nitrogens with zero attached hydrogens (tertiary/aromatic N) is 1. The van der Waals surface area contributed by atoms with Gasteiger partial charge < -0.3 is 20.3 Å². The van der Waals surface area contributed by atoms with Gasteiger partial charge in [0.15, 0.2) is 0 Å². The third-order valence-corrected chi connectivity index (χ3v) is 6.00. The minimum absolute atomic E-state index is 0.109. The number of nitrogens with one attached hydrogen (secondary N) is 2. The van der Waals surface area contributed by atoms with Crippen LogP contribution in [-0.4, -0.2) is 49.8 Å². The number of urea groups is 1. The molecule has 1 unspecified atom stereocenters. The van der Waals surface area contributed by atoms with Crippen molar-refractivity contribution < 1.29 is 9.53 Å². The molecule has 1 aromatic carbocycles. The molecular formula is C19H27N3O2. The van der Waals surface area contributed by atoms with Crippen molar-refractivity contribution in [2.75, 3.05) is 32.8 Å². The number of carbonyl (C=O) groups is 1. The van der Waals surface area contributed by atoms with Crippen molar-refractivity contribution in [3.05, 3.63) is 35.9 Å². The zero-order chi connectivity index (χ0) is 16.4. The van der Waals surface area contributed by atoms with E-state index < -0.39 is 0 Å². The Morgan fingerprint density at radius 1 is 1.04 bits per heavy atom. The van der Waals surface area contributed by atoms with Crippen molar-refractivity contribution in [1.82, 2.24) is 15.5 Å². The molecule has 3 aliphatic heterocycles. The van der Waals surface area contributed by atoms with E-state index in [1.165, 1.54) is 5.56 Å². The second-order valence-electron chi connectivity index (χ2n) is 7.19. The standard InChI is InChI=1S/C19H27N3O2/c23-18-21-14-19(15-4-2-1-3-5-15,16-8-12-24-13-9-16)22(18)17-6-10-20-11-7-17/h1-5,16-17,20H,6-14H2,(H,21,23). The highest BCUT2D eigenvalue weighted by atomic mass is 16.5. The van der Waals surface area contributed by atoms with Crippen LogP contribution in [0, 0.1) is 5.92 Å². The predicted octanol–water partition coefficient (Wildman–Crippen LogP) is 2.09. The van der Waals surface area contributed by atoms with Gasteiger partial charge in [-0.2, -0.15) is 0 Å². The highest BCUT2D eigenvalue weighted by molar-refractivity contribution is 5.79. The number of benzene rings is 1. The second-order valence-corrected chi connectivity index (χ2v) is 7.19. The summed E-state index contributed by atoms with van der Waals surface area (Å²) in [5, 5.41) is 6.60. The van der Waals surface area contributed by atoms with Gasteiger partial charge >= 0.3 is 6.03 Å². The SMILES string of the molecule is O=C1NCC(c2ccccc2)(C2CCOCC2)N1C1CCNCC1. The number of amides is 2. The fraction of sp³-hybridized carbons (Fsp3) is 0.632. The lowest BCUT2D eigenvalue weighted by Gasteiger charge is -2.49. The molecule has 0 aromatic heterocycles. The van der Waals surface area contributed by atoms with Gasteiger partial charge in [0.1, 0.15) is 0 Å². The Labute approximate surface area is 143 Å². The minimum atomic E-state index is -0.232. The lowest BCUT2D eigenvalue weighted by molar-refractivity contribution is -0.0152. The van der Waals surface area contributed by atoms with Gasteiger partial charge in [-0.25, -0.2) is 4.79 Å². The Morgan fingerprint density at radius 3 is 2.46 bits per heavy atom. The summed E-state index contributed by atoms with van der Waals surface area (Å²) in [4.78, 5) is 15.1. The van der Waals surface area contributed by atoms with Crippen LogP contribution in [0.2, 0.25) is 0 Å². The molecule has 5 nitrogen and oxygen atoms in total. The molecule has 0 bridgehead atoms. The van der Waals surface area contributed by atoms with Crippen LogP contribution in [0.25, 0.3) is 0 Å². The van der Waals surface area contributed by atoms with Gasteiger partial charge in [-0.1, -0.05) is 30.3 Å². The van der Waals surface area contributed by atoms with Crippen LogP contribution in [0.1, 0.15) is 31.2 Å². The topological polar surface area (TPSA) is 53.6 Å². The Morgan fingerprint density at radius 2 is 1.75 bits per heavy atom. The maximum atomic E-state index is 12.9. The molecule has 5 heteroatoms. The van der Waals surface area contributed by atoms with Crippen LogP contribution in [0.15, 0.2) is 30.3 Å². The molecule has 2 amide bonds. The van der Waals surface area contributed by atoms with Gasteiger partial charge in [-0.05, 0) is 50.3 Å². The first-order valence-corrected chi connectivity index (χ1v) is 9.23. The fourth-order valence-electron chi connectivity index (χ4n) is 4.84. The molecule has 4 rings (SSSR count). The molecule has 24 heavy (non-hydrogen) atoms. The van der Waals surface area contributed by atoms with Gasteiger partial charge in [0, 0.05) is 25.8 Å². The quantitative estimate of drug-likeness (QED) is 0.893. The zero-order valence-electron chi connectivity index (χ0n) is 14.2. The Kier molecular flexibility index (Phi) is 4.46. The molecule has 2 N–H and O–H groups in total. The van der Waals surface area contributed by atoms with Crippen LogP contribution < -0.4 is 10.6 Å². The van der Waals surface area contributed by atoms with E-state index in [0.717, 1.165) is 52.0 Å². The molecule has 0 radical (unpaired) electrons. The molecular weight excluding hydrogens is 302 g/mol. The van der Waals surface area contributed by atoms with Gasteiger partial charge in [0.2, 0.25) is 0 Å². The van der Waals surface area contributed by atoms with E-state index in [-0.39, 0.29) is 11.6 Å². The molecule has 3 aliphatic rings. The van der Waals surface area contributed by atoms with Crippen LogP contribution in [-0.2, 0) is 10.3 Å². The van der Waals surface area contributed by atoms with E-state index in [9.17, 15) is 4.79 Å². The van der Waals surface area contributed by atoms with Crippen LogP contribution in [0.4, 0.5) is 4.79 Å². The van der Waals surface area contributed by atoms with E-state index in [1.807, 2.05) is 0 Å². The molecule has 0 saturated carbocycles. The third kappa shape index (κ3) is 2.60. The van der Waals surface area contributed by atoms with E-state index in [2.05, 4.69) is 45.9 Å². The highest BCUT2D eigenvalue weighted by Gasteiger charge is 2.54. The molecule has 1 aromatic rings. The Hall–Kier alpha value is -1.59. The number of carbonyl (C=O) groups excluding carboxylic acids is 1. The summed E-state index contributed by atoms with van der Waals surface area (Å²) in [5.41, 5.74) is 1.04. The van der Waals surface area contributed by atoms with Crippen molar-refractivity contribution in [3.8, 4) is 0 Å². The Bertz CT molecular complexity index is 567. The summed E-state index contributed by atoms with van der Waals surface area (Å²) in [6.07, 6.45) is 4.10. The van der Waals surface area contributed by atoms with Gasteiger partial charge in [-0.3, -0.25) is 0 Å². The summed E-state index contributed by atoms with van der Waals surface area (Å²) in [6.45, 7) is 4.30. The van der Waals surface area contributed by atoms with E-state index in [0.29, 0.717) is 18.5 Å². The molecule has 3 heterocycles. The number of hydrogen-bond donors (Lipinski definition) is 2. The van der Waals surface area contributed by atoms with Crippen molar-refractivity contribution in [3.63, 3.8) is 0 Å². The number of piperidine rings is 1. The van der Waals surface area contributed by atoms with Crippen molar-refractivity contribution in [2.45, 2.75) is 37.3 Å². The van der Waals surface area contributed by atoms with Crippen molar-refractivity contribution >= 4 is 6.03 Å². The average molecular weight is 329 g/mol. The number of hydrogen-bond acceptors (Lipinski definition) is 3. The van der Waals surface area contributed by atoms with Crippen LogP contribution >= 0.6 is 0 Å². The van der Waals surface area contributed by atoms with E-state index >= 15 is 0 Å². The van der Waals surface area contributed by atoms with Crippen LogP contribution in [0.3, 0.4) is 0 Å². The molecule has 130 valence electrons. The van der Waals surface area contributed by atoms with Crippen molar-refractivity contribution in [1.29, 1.82) is 0 Å². The van der Waals surface area contributed by atoms with Gasteiger partial charge in [0.05, 0.1) is 5.54 Å². The number of ether oxygens (including phenoxy) is 1. The van der Waals surface area contributed by atoms with Crippen LogP contribution in [0.5, 0.6) is 0 Å². The first-order valence-electron chi connectivity index (χ1n) is 9.23. The second kappa shape index (κ2) is 6.73.